The van der Waals surface area contributed by atoms with E-state index in [1.54, 1.807) is 6.20 Å². The summed E-state index contributed by atoms with van der Waals surface area (Å²) in [7, 11) is 0. The average Bonchev–Trinajstić information content (AvgIpc) is 3.01. The van der Waals surface area contributed by atoms with Crippen LogP contribution in [-0.2, 0) is 17.8 Å². The molecule has 0 spiro atoms. The van der Waals surface area contributed by atoms with Crippen LogP contribution in [0.25, 0.3) is 0 Å². The fraction of sp³-hybridized carbons (Fsp3) is 0.471. The number of pyridine rings is 1. The van der Waals surface area contributed by atoms with Crippen LogP contribution in [0, 0.1) is 0 Å². The van der Waals surface area contributed by atoms with Gasteiger partial charge in [0.1, 0.15) is 4.88 Å². The number of rotatable bonds is 5. The molecule has 6 nitrogen and oxygen atoms in total. The number of amides is 1. The number of carbonyl (C=O) groups excluding carboxylic acids is 1. The van der Waals surface area contributed by atoms with E-state index in [4.69, 9.17) is 10.5 Å². The molecule has 3 rings (SSSR count). The summed E-state index contributed by atoms with van der Waals surface area (Å²) in [4.78, 5) is 23.8. The first-order valence-electron chi connectivity index (χ1n) is 8.23. The van der Waals surface area contributed by atoms with Gasteiger partial charge in [0.05, 0.1) is 24.1 Å². The number of anilines is 1. The van der Waals surface area contributed by atoms with E-state index >= 15 is 0 Å². The van der Waals surface area contributed by atoms with E-state index in [9.17, 15) is 4.79 Å². The van der Waals surface area contributed by atoms with Gasteiger partial charge in [-0.15, -0.1) is 0 Å². The van der Waals surface area contributed by atoms with Gasteiger partial charge in [-0.25, -0.2) is 4.98 Å². The molecule has 1 amide bonds. The minimum absolute atomic E-state index is 0.0205. The Kier molecular flexibility index (Phi) is 5.42. The lowest BCUT2D eigenvalue weighted by Crippen LogP contribution is -2.43. The first-order chi connectivity index (χ1) is 11.7. The van der Waals surface area contributed by atoms with Crippen LogP contribution in [0.15, 0.2) is 24.4 Å². The van der Waals surface area contributed by atoms with Crippen LogP contribution < -0.4 is 5.73 Å². The number of nitrogens with two attached hydrogens (primary N) is 1. The molecule has 3 heterocycles. The maximum absolute atomic E-state index is 12.8. The SMILES string of the molecule is CCc1nc(N)sc1C(=O)N1CCCC(OCc2ccccn2)C1. The van der Waals surface area contributed by atoms with Gasteiger partial charge in [-0.3, -0.25) is 9.78 Å². The zero-order valence-electron chi connectivity index (χ0n) is 13.8. The van der Waals surface area contributed by atoms with Gasteiger partial charge >= 0.3 is 0 Å². The smallest absolute Gasteiger partial charge is 0.266 e. The summed E-state index contributed by atoms with van der Waals surface area (Å²) in [5, 5.41) is 0.454. The lowest BCUT2D eigenvalue weighted by molar-refractivity contribution is -0.00775. The molecule has 2 aromatic heterocycles. The molecule has 1 saturated heterocycles. The van der Waals surface area contributed by atoms with Crippen molar-refractivity contribution in [3.05, 3.63) is 40.7 Å². The van der Waals surface area contributed by atoms with E-state index in [-0.39, 0.29) is 12.0 Å². The lowest BCUT2D eigenvalue weighted by atomic mass is 10.1. The second kappa shape index (κ2) is 7.72. The summed E-state index contributed by atoms with van der Waals surface area (Å²) in [6, 6.07) is 5.78. The number of thiazole rings is 1. The molecule has 0 aliphatic carbocycles. The molecule has 1 aliphatic heterocycles. The van der Waals surface area contributed by atoms with Crippen molar-refractivity contribution in [2.24, 2.45) is 0 Å². The predicted octanol–water partition coefficient (Wildman–Crippen LogP) is 2.50. The topological polar surface area (TPSA) is 81.3 Å². The minimum atomic E-state index is 0.0205. The van der Waals surface area contributed by atoms with Gasteiger partial charge in [-0.1, -0.05) is 24.3 Å². The first-order valence-corrected chi connectivity index (χ1v) is 9.05. The molecule has 0 saturated carbocycles. The zero-order valence-corrected chi connectivity index (χ0v) is 14.6. The van der Waals surface area contributed by atoms with Gasteiger partial charge in [0.2, 0.25) is 0 Å². The number of aromatic nitrogens is 2. The molecule has 2 N–H and O–H groups in total. The zero-order chi connectivity index (χ0) is 16.9. The van der Waals surface area contributed by atoms with Crippen molar-refractivity contribution in [3.63, 3.8) is 0 Å². The Morgan fingerprint density at radius 1 is 1.50 bits per heavy atom. The van der Waals surface area contributed by atoms with E-state index < -0.39 is 0 Å². The fourth-order valence-electron chi connectivity index (χ4n) is 2.87. The van der Waals surface area contributed by atoms with Crippen molar-refractivity contribution in [2.75, 3.05) is 18.8 Å². The van der Waals surface area contributed by atoms with Crippen LogP contribution in [0.2, 0.25) is 0 Å². The Balaban J connectivity index is 1.61. The Hall–Kier alpha value is -1.99. The van der Waals surface area contributed by atoms with Crippen LogP contribution in [0.1, 0.15) is 40.8 Å². The summed E-state index contributed by atoms with van der Waals surface area (Å²) < 4.78 is 5.95. The van der Waals surface area contributed by atoms with Crippen LogP contribution in [0.3, 0.4) is 0 Å². The molecule has 128 valence electrons. The maximum Gasteiger partial charge on any atom is 0.266 e. The summed E-state index contributed by atoms with van der Waals surface area (Å²) in [5.74, 6) is 0.0205. The third-order valence-electron chi connectivity index (χ3n) is 4.10. The molecule has 1 unspecified atom stereocenters. The molecule has 0 bridgehead atoms. The molecule has 1 fully saturated rings. The highest BCUT2D eigenvalue weighted by atomic mass is 32.1. The Bertz CT molecular complexity index is 689. The van der Waals surface area contributed by atoms with Crippen molar-refractivity contribution < 1.29 is 9.53 Å². The molecule has 24 heavy (non-hydrogen) atoms. The van der Waals surface area contributed by atoms with Crippen molar-refractivity contribution >= 4 is 22.4 Å². The number of ether oxygens (including phenoxy) is 1. The van der Waals surface area contributed by atoms with Gasteiger partial charge in [-0.2, -0.15) is 0 Å². The second-order valence-electron chi connectivity index (χ2n) is 5.83. The van der Waals surface area contributed by atoms with Crippen molar-refractivity contribution in [3.8, 4) is 0 Å². The highest BCUT2D eigenvalue weighted by Gasteiger charge is 2.28. The minimum Gasteiger partial charge on any atom is -0.375 e. The fourth-order valence-corrected chi connectivity index (χ4v) is 3.76. The van der Waals surface area contributed by atoms with Crippen molar-refractivity contribution in [2.45, 2.75) is 38.9 Å². The number of carbonyl (C=O) groups is 1. The number of hydrogen-bond acceptors (Lipinski definition) is 6. The number of nitrogen functional groups attached to an aromatic ring is 1. The summed E-state index contributed by atoms with van der Waals surface area (Å²) in [6.45, 7) is 3.82. The van der Waals surface area contributed by atoms with E-state index in [0.717, 1.165) is 30.8 Å². The number of piperidine rings is 1. The molecule has 7 heteroatoms. The number of hydrogen-bond donors (Lipinski definition) is 1. The van der Waals surface area contributed by atoms with Crippen molar-refractivity contribution in [1.29, 1.82) is 0 Å². The summed E-state index contributed by atoms with van der Waals surface area (Å²) in [6.07, 6.45) is 4.41. The standard InChI is InChI=1S/C17H22N4O2S/c1-2-14-15(24-17(18)20-14)16(22)21-9-5-7-13(10-21)23-11-12-6-3-4-8-19-12/h3-4,6,8,13H,2,5,7,9-11H2,1H3,(H2,18,20). The van der Waals surface area contributed by atoms with Crippen molar-refractivity contribution in [1.82, 2.24) is 14.9 Å². The number of nitrogens with zero attached hydrogens (tertiary/aromatic N) is 3. The van der Waals surface area contributed by atoms with Gasteiger partial charge in [-0.05, 0) is 31.4 Å². The predicted molar refractivity (Wildman–Crippen MR) is 93.9 cm³/mol. The maximum atomic E-state index is 12.8. The molecule has 1 atom stereocenters. The lowest BCUT2D eigenvalue weighted by Gasteiger charge is -2.32. The van der Waals surface area contributed by atoms with Crippen LogP contribution in [-0.4, -0.2) is 40.0 Å². The van der Waals surface area contributed by atoms with Gasteiger partial charge in [0.25, 0.3) is 5.91 Å². The summed E-state index contributed by atoms with van der Waals surface area (Å²) >= 11 is 1.28. The Morgan fingerprint density at radius 3 is 3.12 bits per heavy atom. The van der Waals surface area contributed by atoms with E-state index in [1.807, 2.05) is 30.0 Å². The van der Waals surface area contributed by atoms with E-state index in [2.05, 4.69) is 9.97 Å². The molecule has 2 aromatic rings. The highest BCUT2D eigenvalue weighted by molar-refractivity contribution is 7.17. The highest BCUT2D eigenvalue weighted by Crippen LogP contribution is 2.25. The number of aryl methyl sites for hydroxylation is 1. The van der Waals surface area contributed by atoms with E-state index in [0.29, 0.717) is 29.6 Å². The monoisotopic (exact) mass is 346 g/mol. The normalized spacial score (nSPS) is 17.9. The largest absolute Gasteiger partial charge is 0.375 e. The molecule has 0 aromatic carbocycles. The Morgan fingerprint density at radius 2 is 2.38 bits per heavy atom. The quantitative estimate of drug-likeness (QED) is 0.899. The molecular weight excluding hydrogens is 324 g/mol. The molecule has 1 aliphatic rings. The van der Waals surface area contributed by atoms with Crippen LogP contribution in [0.5, 0.6) is 0 Å². The second-order valence-corrected chi connectivity index (χ2v) is 6.86. The number of likely N-dealkylation sites (tertiary alicyclic amines) is 1. The third kappa shape index (κ3) is 3.91. The average molecular weight is 346 g/mol. The van der Waals surface area contributed by atoms with Gasteiger partial charge in [0, 0.05) is 19.3 Å². The van der Waals surface area contributed by atoms with Gasteiger partial charge in [0.15, 0.2) is 5.13 Å². The summed E-state index contributed by atoms with van der Waals surface area (Å²) in [5.41, 5.74) is 7.46. The third-order valence-corrected chi connectivity index (χ3v) is 5.02. The van der Waals surface area contributed by atoms with Gasteiger partial charge < -0.3 is 15.4 Å². The first kappa shape index (κ1) is 16.9. The van der Waals surface area contributed by atoms with Crippen LogP contribution in [0.4, 0.5) is 5.13 Å². The molecular formula is C17H22N4O2S. The van der Waals surface area contributed by atoms with Crippen LogP contribution >= 0.6 is 11.3 Å². The Labute approximate surface area is 145 Å². The van der Waals surface area contributed by atoms with E-state index in [1.165, 1.54) is 11.3 Å². The molecule has 0 radical (unpaired) electrons.